The highest BCUT2D eigenvalue weighted by Gasteiger charge is 2.03. The van der Waals surface area contributed by atoms with E-state index in [1.807, 2.05) is 24.3 Å². The Morgan fingerprint density at radius 2 is 2.25 bits per heavy atom. The zero-order valence-electron chi connectivity index (χ0n) is 8.78. The molecule has 3 N–H and O–H groups in total. The van der Waals surface area contributed by atoms with Crippen LogP contribution in [0.5, 0.6) is 0 Å². The van der Waals surface area contributed by atoms with Crippen LogP contribution in [0.15, 0.2) is 24.3 Å². The molecular formula is C11H13ClN4. The Hall–Kier alpha value is -1.39. The van der Waals surface area contributed by atoms with Gasteiger partial charge in [-0.3, -0.25) is 5.10 Å². The number of halogens is 1. The second-order valence-electron chi connectivity index (χ2n) is 3.54. The lowest BCUT2D eigenvalue weighted by molar-refractivity contribution is 0.874. The van der Waals surface area contributed by atoms with Gasteiger partial charge in [0, 0.05) is 17.9 Å². The largest absolute Gasteiger partial charge is 0.330 e. The maximum absolute atomic E-state index is 5.90. The van der Waals surface area contributed by atoms with Crippen LogP contribution >= 0.6 is 11.6 Å². The van der Waals surface area contributed by atoms with Crippen molar-refractivity contribution in [3.05, 3.63) is 46.5 Å². The fourth-order valence-corrected chi connectivity index (χ4v) is 1.71. The molecule has 4 nitrogen and oxygen atoms in total. The summed E-state index contributed by atoms with van der Waals surface area (Å²) in [4.78, 5) is 4.34. The Morgan fingerprint density at radius 3 is 3.00 bits per heavy atom. The van der Waals surface area contributed by atoms with Gasteiger partial charge < -0.3 is 5.73 Å². The van der Waals surface area contributed by atoms with E-state index < -0.39 is 0 Å². The van der Waals surface area contributed by atoms with Gasteiger partial charge in [0.25, 0.3) is 0 Å². The zero-order valence-corrected chi connectivity index (χ0v) is 9.54. The molecular weight excluding hydrogens is 224 g/mol. The lowest BCUT2D eigenvalue weighted by Crippen LogP contribution is -2.04. The van der Waals surface area contributed by atoms with Gasteiger partial charge in [-0.05, 0) is 24.2 Å². The lowest BCUT2D eigenvalue weighted by Gasteiger charge is -1.97. The van der Waals surface area contributed by atoms with Gasteiger partial charge in [-0.2, -0.15) is 5.10 Å². The molecule has 2 rings (SSSR count). The molecule has 0 bridgehead atoms. The second-order valence-corrected chi connectivity index (χ2v) is 3.98. The summed E-state index contributed by atoms with van der Waals surface area (Å²) in [6.45, 7) is 0.564. The molecule has 0 amide bonds. The van der Waals surface area contributed by atoms with E-state index in [0.29, 0.717) is 19.4 Å². The number of nitrogens with one attached hydrogen (secondary N) is 1. The third-order valence-electron chi connectivity index (χ3n) is 2.21. The van der Waals surface area contributed by atoms with E-state index in [2.05, 4.69) is 15.2 Å². The molecule has 0 saturated carbocycles. The van der Waals surface area contributed by atoms with Crippen molar-refractivity contribution in [1.29, 1.82) is 0 Å². The summed E-state index contributed by atoms with van der Waals surface area (Å²) in [5.74, 6) is 1.60. The highest BCUT2D eigenvalue weighted by molar-refractivity contribution is 6.30. The van der Waals surface area contributed by atoms with Gasteiger partial charge in [0.2, 0.25) is 0 Å². The van der Waals surface area contributed by atoms with Gasteiger partial charge in [0.1, 0.15) is 5.82 Å². The normalized spacial score (nSPS) is 10.6. The molecule has 1 aromatic heterocycles. The summed E-state index contributed by atoms with van der Waals surface area (Å²) in [6.07, 6.45) is 1.41. The summed E-state index contributed by atoms with van der Waals surface area (Å²) in [5, 5.41) is 7.71. The first-order valence-electron chi connectivity index (χ1n) is 5.12. The van der Waals surface area contributed by atoms with Gasteiger partial charge in [-0.15, -0.1) is 0 Å². The third kappa shape index (κ3) is 2.81. The van der Waals surface area contributed by atoms with Crippen LogP contribution < -0.4 is 5.73 Å². The Bertz CT molecular complexity index is 467. The van der Waals surface area contributed by atoms with Crippen LogP contribution in [-0.2, 0) is 12.8 Å². The van der Waals surface area contributed by atoms with E-state index in [-0.39, 0.29) is 0 Å². The topological polar surface area (TPSA) is 67.6 Å². The monoisotopic (exact) mass is 236 g/mol. The highest BCUT2D eigenvalue weighted by Crippen LogP contribution is 2.12. The second kappa shape index (κ2) is 5.09. The van der Waals surface area contributed by atoms with E-state index in [1.54, 1.807) is 0 Å². The molecule has 0 unspecified atom stereocenters. The molecule has 84 valence electrons. The first-order chi connectivity index (χ1) is 7.78. The van der Waals surface area contributed by atoms with Crippen LogP contribution in [0.25, 0.3) is 0 Å². The number of aromatic nitrogens is 3. The van der Waals surface area contributed by atoms with E-state index in [0.717, 1.165) is 22.2 Å². The van der Waals surface area contributed by atoms with Crippen LogP contribution in [-0.4, -0.2) is 21.7 Å². The van der Waals surface area contributed by atoms with Gasteiger partial charge in [0.15, 0.2) is 5.82 Å². The van der Waals surface area contributed by atoms with Crippen molar-refractivity contribution in [2.24, 2.45) is 5.73 Å². The van der Waals surface area contributed by atoms with Crippen molar-refractivity contribution in [2.75, 3.05) is 6.54 Å². The van der Waals surface area contributed by atoms with Gasteiger partial charge in [-0.1, -0.05) is 23.7 Å². The molecule has 0 aliphatic rings. The third-order valence-corrected chi connectivity index (χ3v) is 2.44. The Kier molecular flexibility index (Phi) is 3.54. The van der Waals surface area contributed by atoms with Crippen molar-refractivity contribution in [1.82, 2.24) is 15.2 Å². The van der Waals surface area contributed by atoms with Crippen LogP contribution in [0.1, 0.15) is 17.2 Å². The molecule has 5 heteroatoms. The number of hydrogen-bond acceptors (Lipinski definition) is 3. The quantitative estimate of drug-likeness (QED) is 0.847. The van der Waals surface area contributed by atoms with E-state index in [1.165, 1.54) is 0 Å². The molecule has 1 heterocycles. The summed E-state index contributed by atoms with van der Waals surface area (Å²) >= 11 is 5.90. The van der Waals surface area contributed by atoms with Crippen LogP contribution in [0.3, 0.4) is 0 Å². The Morgan fingerprint density at radius 1 is 1.38 bits per heavy atom. The Balaban J connectivity index is 2.08. The molecule has 0 aliphatic carbocycles. The number of nitrogens with zero attached hydrogens (tertiary/aromatic N) is 2. The lowest BCUT2D eigenvalue weighted by atomic mass is 10.1. The maximum Gasteiger partial charge on any atom is 0.151 e. The minimum absolute atomic E-state index is 0.564. The van der Waals surface area contributed by atoms with Crippen molar-refractivity contribution >= 4 is 11.6 Å². The number of rotatable bonds is 4. The molecule has 16 heavy (non-hydrogen) atoms. The average Bonchev–Trinajstić information content (AvgIpc) is 2.66. The van der Waals surface area contributed by atoms with Gasteiger partial charge in [-0.25, -0.2) is 4.98 Å². The van der Waals surface area contributed by atoms with Crippen molar-refractivity contribution in [2.45, 2.75) is 12.8 Å². The van der Waals surface area contributed by atoms with Crippen molar-refractivity contribution in [3.63, 3.8) is 0 Å². The minimum Gasteiger partial charge on any atom is -0.330 e. The van der Waals surface area contributed by atoms with Crippen LogP contribution in [0, 0.1) is 0 Å². The van der Waals surface area contributed by atoms with Gasteiger partial charge >= 0.3 is 0 Å². The maximum atomic E-state index is 5.90. The number of aromatic amines is 1. The molecule has 2 aromatic rings. The van der Waals surface area contributed by atoms with Gasteiger partial charge in [0.05, 0.1) is 0 Å². The molecule has 0 saturated heterocycles. The summed E-state index contributed by atoms with van der Waals surface area (Å²) in [6, 6.07) is 7.71. The molecule has 0 radical (unpaired) electrons. The predicted octanol–water partition coefficient (Wildman–Crippen LogP) is 1.55. The number of H-pyrrole nitrogens is 1. The van der Waals surface area contributed by atoms with E-state index >= 15 is 0 Å². The molecule has 0 spiro atoms. The summed E-state index contributed by atoms with van der Waals surface area (Å²) < 4.78 is 0. The van der Waals surface area contributed by atoms with Crippen molar-refractivity contribution < 1.29 is 0 Å². The van der Waals surface area contributed by atoms with E-state index in [9.17, 15) is 0 Å². The highest BCUT2D eigenvalue weighted by atomic mass is 35.5. The smallest absolute Gasteiger partial charge is 0.151 e. The van der Waals surface area contributed by atoms with Crippen LogP contribution in [0.4, 0.5) is 0 Å². The average molecular weight is 237 g/mol. The zero-order chi connectivity index (χ0) is 11.4. The SMILES string of the molecule is NCCc1n[nH]c(Cc2cccc(Cl)c2)n1. The fourth-order valence-electron chi connectivity index (χ4n) is 1.50. The molecule has 1 aromatic carbocycles. The summed E-state index contributed by atoms with van der Waals surface area (Å²) in [5.41, 5.74) is 6.54. The molecule has 0 atom stereocenters. The summed E-state index contributed by atoms with van der Waals surface area (Å²) in [7, 11) is 0. The number of hydrogen-bond donors (Lipinski definition) is 2. The minimum atomic E-state index is 0.564. The first-order valence-corrected chi connectivity index (χ1v) is 5.50. The first kappa shape index (κ1) is 11.1. The molecule has 0 fully saturated rings. The Labute approximate surface area is 98.8 Å². The number of nitrogens with two attached hydrogens (primary N) is 1. The predicted molar refractivity (Wildman–Crippen MR) is 63.4 cm³/mol. The standard InChI is InChI=1S/C11H13ClN4/c12-9-3-1-2-8(6-9)7-11-14-10(4-5-13)15-16-11/h1-3,6H,4-5,7,13H2,(H,14,15,16). The van der Waals surface area contributed by atoms with E-state index in [4.69, 9.17) is 17.3 Å². The molecule has 0 aliphatic heterocycles. The number of benzene rings is 1. The van der Waals surface area contributed by atoms with Crippen LogP contribution in [0.2, 0.25) is 5.02 Å². The van der Waals surface area contributed by atoms with Crippen molar-refractivity contribution in [3.8, 4) is 0 Å². The fraction of sp³-hybridized carbons (Fsp3) is 0.273.